The Labute approximate surface area is 208 Å². The molecule has 0 amide bonds. The predicted octanol–water partition coefficient (Wildman–Crippen LogP) is 4.10. The van der Waals surface area contributed by atoms with E-state index in [-0.39, 0.29) is 46.8 Å². The van der Waals surface area contributed by atoms with E-state index in [2.05, 4.69) is 5.10 Å². The molecule has 0 saturated heterocycles. The van der Waals surface area contributed by atoms with Crippen LogP contribution in [0.4, 0.5) is 5.82 Å². The average Bonchev–Trinajstić information content (AvgIpc) is 3.12. The largest absolute Gasteiger partial charge is 0.462 e. The molecule has 0 fully saturated rings. The van der Waals surface area contributed by atoms with E-state index in [4.69, 9.17) is 27.9 Å². The summed E-state index contributed by atoms with van der Waals surface area (Å²) in [5.74, 6) is -1.45. The van der Waals surface area contributed by atoms with Gasteiger partial charge in [-0.3, -0.25) is 4.68 Å². The summed E-state index contributed by atoms with van der Waals surface area (Å²) in [6.07, 6.45) is 1.04. The Morgan fingerprint density at radius 1 is 0.971 bits per heavy atom. The number of carbonyl (C=O) groups is 1. The molecule has 3 rings (SSSR count). The van der Waals surface area contributed by atoms with E-state index in [1.54, 1.807) is 6.92 Å². The molecular weight excluding hydrogens is 525 g/mol. The molecule has 0 atom stereocenters. The molecule has 13 heteroatoms. The van der Waals surface area contributed by atoms with Crippen LogP contribution in [0.1, 0.15) is 28.4 Å². The lowest BCUT2D eigenvalue weighted by molar-refractivity contribution is 0.0527. The number of halogens is 2. The van der Waals surface area contributed by atoms with Crippen LogP contribution in [-0.4, -0.2) is 39.2 Å². The van der Waals surface area contributed by atoms with Crippen LogP contribution in [-0.2, 0) is 31.8 Å². The number of aromatic nitrogens is 2. The normalized spacial score (nSPS) is 11.9. The van der Waals surface area contributed by atoms with Gasteiger partial charge in [0.25, 0.3) is 20.0 Å². The summed E-state index contributed by atoms with van der Waals surface area (Å²) in [5, 5.41) is 4.17. The van der Waals surface area contributed by atoms with E-state index in [9.17, 15) is 21.6 Å². The Bertz CT molecular complexity index is 1400. The fourth-order valence-electron chi connectivity index (χ4n) is 3.27. The van der Waals surface area contributed by atoms with Crippen molar-refractivity contribution in [3.8, 4) is 0 Å². The number of nitrogens with zero attached hydrogens (tertiary/aromatic N) is 3. The zero-order valence-electron chi connectivity index (χ0n) is 18.6. The lowest BCUT2D eigenvalue weighted by Gasteiger charge is -2.26. The summed E-state index contributed by atoms with van der Waals surface area (Å²) >= 11 is 12.3. The first-order chi connectivity index (χ1) is 15.9. The quantitative estimate of drug-likeness (QED) is 0.410. The van der Waals surface area contributed by atoms with Crippen molar-refractivity contribution >= 4 is 55.0 Å². The Hall–Kier alpha value is -2.60. The second-order valence-electron chi connectivity index (χ2n) is 7.16. The second kappa shape index (κ2) is 9.57. The Kier molecular flexibility index (Phi) is 7.32. The van der Waals surface area contributed by atoms with Crippen molar-refractivity contribution in [2.24, 2.45) is 7.05 Å². The number of sulfonamides is 2. The zero-order valence-corrected chi connectivity index (χ0v) is 21.8. The third-order valence-electron chi connectivity index (χ3n) is 5.00. The third kappa shape index (κ3) is 4.40. The maximum Gasteiger partial charge on any atom is 0.343 e. The van der Waals surface area contributed by atoms with Gasteiger partial charge in [-0.15, -0.1) is 3.71 Å². The molecule has 0 saturated carbocycles. The highest BCUT2D eigenvalue weighted by atomic mass is 35.5. The summed E-state index contributed by atoms with van der Waals surface area (Å²) in [6, 6.07) is 8.17. The van der Waals surface area contributed by atoms with Gasteiger partial charge in [0, 0.05) is 17.1 Å². The Balaban J connectivity index is 2.44. The van der Waals surface area contributed by atoms with Crippen LogP contribution < -0.4 is 3.71 Å². The molecule has 0 unspecified atom stereocenters. The highest BCUT2D eigenvalue weighted by molar-refractivity contribution is 8.10. The number of hydrogen-bond donors (Lipinski definition) is 0. The molecular formula is C21H21Cl2N3O6S2. The van der Waals surface area contributed by atoms with Gasteiger partial charge in [-0.2, -0.15) is 21.9 Å². The zero-order chi connectivity index (χ0) is 25.4. The molecule has 0 spiro atoms. The molecule has 34 heavy (non-hydrogen) atoms. The van der Waals surface area contributed by atoms with Crippen molar-refractivity contribution in [1.29, 1.82) is 0 Å². The van der Waals surface area contributed by atoms with Crippen LogP contribution >= 0.6 is 23.2 Å². The lowest BCUT2D eigenvalue weighted by Crippen LogP contribution is -2.40. The van der Waals surface area contributed by atoms with Crippen molar-refractivity contribution in [3.63, 3.8) is 0 Å². The SMILES string of the molecule is CCOC(=O)c1cnn(C)c1N(S(=O)(=O)c1cccc(Cl)c1C)S(=O)(=O)c1cccc(Cl)c1C. The monoisotopic (exact) mass is 545 g/mol. The van der Waals surface area contributed by atoms with Crippen molar-refractivity contribution in [1.82, 2.24) is 9.78 Å². The standard InChI is InChI=1S/C21H21Cl2N3O6S2/c1-5-32-21(27)15-12-24-25(4)20(15)26(33(28,29)18-10-6-8-16(22)13(18)2)34(30,31)19-11-7-9-17(23)14(19)3/h6-12H,5H2,1-4H3. The van der Waals surface area contributed by atoms with Crippen LogP contribution in [0, 0.1) is 13.8 Å². The number of anilines is 1. The van der Waals surface area contributed by atoms with Gasteiger partial charge in [-0.05, 0) is 56.2 Å². The highest BCUT2D eigenvalue weighted by Gasteiger charge is 2.43. The number of benzene rings is 2. The molecule has 3 aromatic rings. The summed E-state index contributed by atoms with van der Waals surface area (Å²) in [7, 11) is -8.40. The van der Waals surface area contributed by atoms with Crippen molar-refractivity contribution < 1.29 is 26.4 Å². The summed E-state index contributed by atoms with van der Waals surface area (Å²) in [6.45, 7) is 4.43. The van der Waals surface area contributed by atoms with Crippen LogP contribution in [0.25, 0.3) is 0 Å². The predicted molar refractivity (Wildman–Crippen MR) is 128 cm³/mol. The van der Waals surface area contributed by atoms with Gasteiger partial charge in [0.05, 0.1) is 22.6 Å². The number of carbonyl (C=O) groups excluding carboxylic acids is 1. The highest BCUT2D eigenvalue weighted by Crippen LogP contribution is 2.37. The first-order valence-electron chi connectivity index (χ1n) is 9.85. The lowest BCUT2D eigenvalue weighted by atomic mass is 10.2. The van der Waals surface area contributed by atoms with Crippen LogP contribution in [0.5, 0.6) is 0 Å². The maximum absolute atomic E-state index is 14.0. The topological polar surface area (TPSA) is 116 Å². The van der Waals surface area contributed by atoms with E-state index in [1.807, 2.05) is 0 Å². The van der Waals surface area contributed by atoms with E-state index in [0.29, 0.717) is 0 Å². The summed E-state index contributed by atoms with van der Waals surface area (Å²) < 4.78 is 62.0. The number of aryl methyl sites for hydroxylation is 1. The van der Waals surface area contributed by atoms with Gasteiger partial charge in [0.1, 0.15) is 5.56 Å². The molecule has 0 N–H and O–H groups in total. The van der Waals surface area contributed by atoms with Gasteiger partial charge < -0.3 is 4.74 Å². The molecule has 0 aliphatic rings. The van der Waals surface area contributed by atoms with Crippen LogP contribution in [0.15, 0.2) is 52.4 Å². The van der Waals surface area contributed by atoms with Crippen molar-refractivity contribution in [3.05, 3.63) is 69.3 Å². The molecule has 0 radical (unpaired) electrons. The first-order valence-corrected chi connectivity index (χ1v) is 13.5. The summed E-state index contributed by atoms with van der Waals surface area (Å²) in [5.41, 5.74) is -0.0880. The molecule has 0 aliphatic heterocycles. The van der Waals surface area contributed by atoms with E-state index >= 15 is 0 Å². The van der Waals surface area contributed by atoms with Gasteiger partial charge >= 0.3 is 5.97 Å². The Morgan fingerprint density at radius 2 is 1.44 bits per heavy atom. The number of hydrogen-bond acceptors (Lipinski definition) is 7. The maximum atomic E-state index is 14.0. The minimum atomic E-state index is -4.86. The second-order valence-corrected chi connectivity index (χ2v) is 11.7. The summed E-state index contributed by atoms with van der Waals surface area (Å²) in [4.78, 5) is 11.9. The molecule has 2 aromatic carbocycles. The number of esters is 1. The van der Waals surface area contributed by atoms with E-state index < -0.39 is 31.8 Å². The van der Waals surface area contributed by atoms with E-state index in [1.165, 1.54) is 57.3 Å². The van der Waals surface area contributed by atoms with Gasteiger partial charge in [0.2, 0.25) is 0 Å². The minimum Gasteiger partial charge on any atom is -0.462 e. The van der Waals surface area contributed by atoms with Crippen molar-refractivity contribution in [2.45, 2.75) is 30.6 Å². The van der Waals surface area contributed by atoms with Crippen molar-refractivity contribution in [2.75, 3.05) is 10.3 Å². The van der Waals surface area contributed by atoms with Gasteiger partial charge in [0.15, 0.2) is 5.82 Å². The smallest absolute Gasteiger partial charge is 0.343 e. The van der Waals surface area contributed by atoms with Crippen LogP contribution in [0.2, 0.25) is 10.0 Å². The Morgan fingerprint density at radius 3 is 1.88 bits per heavy atom. The molecule has 182 valence electrons. The first kappa shape index (κ1) is 26.0. The molecule has 1 heterocycles. The molecule has 9 nitrogen and oxygen atoms in total. The van der Waals surface area contributed by atoms with Gasteiger partial charge in [-0.25, -0.2) is 4.79 Å². The van der Waals surface area contributed by atoms with Gasteiger partial charge in [-0.1, -0.05) is 35.3 Å². The fourth-order valence-corrected chi connectivity index (χ4v) is 7.99. The molecule has 1 aromatic heterocycles. The minimum absolute atomic E-state index is 0.0204. The van der Waals surface area contributed by atoms with E-state index in [0.717, 1.165) is 10.9 Å². The fraction of sp³-hybridized carbons (Fsp3) is 0.238. The molecule has 0 bridgehead atoms. The third-order valence-corrected chi connectivity index (χ3v) is 10.2. The van der Waals surface area contributed by atoms with Crippen LogP contribution in [0.3, 0.4) is 0 Å². The number of ether oxygens (including phenoxy) is 1. The average molecular weight is 546 g/mol. The molecule has 0 aliphatic carbocycles. The number of rotatable bonds is 7.